The molecule has 2 rings (SSSR count). The molecule has 0 unspecified atom stereocenters. The number of methoxy groups -OCH3 is 1. The van der Waals surface area contributed by atoms with E-state index < -0.39 is 0 Å². The van der Waals surface area contributed by atoms with Gasteiger partial charge in [-0.15, -0.1) is 0 Å². The molecule has 1 N–H and O–H groups in total. The Morgan fingerprint density at radius 3 is 2.76 bits per heavy atom. The third-order valence-corrected chi connectivity index (χ3v) is 3.47. The second-order valence-corrected chi connectivity index (χ2v) is 4.73. The highest BCUT2D eigenvalue weighted by Crippen LogP contribution is 2.28. The molecule has 0 saturated heterocycles. The van der Waals surface area contributed by atoms with E-state index in [9.17, 15) is 4.39 Å². The van der Waals surface area contributed by atoms with Gasteiger partial charge in [0.15, 0.2) is 0 Å². The number of ether oxygens (including phenoxy) is 1. The Hall–Kier alpha value is -1.25. The van der Waals surface area contributed by atoms with Gasteiger partial charge in [-0.25, -0.2) is 4.39 Å². The van der Waals surface area contributed by atoms with Gasteiger partial charge in [-0.2, -0.15) is 0 Å². The summed E-state index contributed by atoms with van der Waals surface area (Å²) in [5.41, 5.74) is 0.888. The van der Waals surface area contributed by atoms with Crippen molar-refractivity contribution < 1.29 is 9.13 Å². The fourth-order valence-corrected chi connectivity index (χ4v) is 2.46. The quantitative estimate of drug-likeness (QED) is 0.859. The maximum Gasteiger partial charge on any atom is 0.144 e. The van der Waals surface area contributed by atoms with Crippen molar-refractivity contribution in [2.24, 2.45) is 5.92 Å². The smallest absolute Gasteiger partial charge is 0.144 e. The zero-order valence-corrected chi connectivity index (χ0v) is 10.3. The van der Waals surface area contributed by atoms with E-state index in [-0.39, 0.29) is 5.82 Å². The van der Waals surface area contributed by atoms with Crippen molar-refractivity contribution in [2.75, 3.05) is 19.0 Å². The molecule has 0 spiro atoms. The van der Waals surface area contributed by atoms with Gasteiger partial charge >= 0.3 is 0 Å². The third-order valence-electron chi connectivity index (χ3n) is 3.47. The zero-order chi connectivity index (χ0) is 12.1. The summed E-state index contributed by atoms with van der Waals surface area (Å²) in [6.45, 7) is 0.960. The van der Waals surface area contributed by atoms with Crippen molar-refractivity contribution >= 4 is 5.69 Å². The van der Waals surface area contributed by atoms with Gasteiger partial charge in [0.2, 0.25) is 0 Å². The molecule has 0 aliphatic heterocycles. The van der Waals surface area contributed by atoms with E-state index in [0.717, 1.165) is 18.2 Å². The highest BCUT2D eigenvalue weighted by Gasteiger charge is 2.13. The van der Waals surface area contributed by atoms with Gasteiger partial charge in [0.25, 0.3) is 0 Å². The molecule has 3 heteroatoms. The summed E-state index contributed by atoms with van der Waals surface area (Å²) in [5.74, 6) is 1.07. The number of hydrogen-bond donors (Lipinski definition) is 1. The molecule has 0 radical (unpaired) electrons. The van der Waals surface area contributed by atoms with Gasteiger partial charge in [0, 0.05) is 12.6 Å². The maximum atomic E-state index is 13.0. The zero-order valence-electron chi connectivity index (χ0n) is 10.3. The summed E-state index contributed by atoms with van der Waals surface area (Å²) in [6.07, 6.45) is 6.66. The van der Waals surface area contributed by atoms with Crippen molar-refractivity contribution in [3.8, 4) is 5.75 Å². The van der Waals surface area contributed by atoms with Crippen LogP contribution in [0.5, 0.6) is 5.75 Å². The van der Waals surface area contributed by atoms with Gasteiger partial charge in [0.05, 0.1) is 12.8 Å². The molecule has 0 amide bonds. The molecule has 17 heavy (non-hydrogen) atoms. The number of hydrogen-bond acceptors (Lipinski definition) is 2. The van der Waals surface area contributed by atoms with E-state index >= 15 is 0 Å². The van der Waals surface area contributed by atoms with Crippen LogP contribution < -0.4 is 10.1 Å². The number of anilines is 1. The Bertz CT molecular complexity index is 361. The molecule has 1 aromatic rings. The Kier molecular flexibility index (Phi) is 4.24. The predicted octanol–water partition coefficient (Wildman–Crippen LogP) is 3.83. The van der Waals surface area contributed by atoms with Crippen molar-refractivity contribution in [3.05, 3.63) is 24.0 Å². The van der Waals surface area contributed by atoms with Crippen molar-refractivity contribution in [2.45, 2.75) is 32.1 Å². The maximum absolute atomic E-state index is 13.0. The summed E-state index contributed by atoms with van der Waals surface area (Å²) in [4.78, 5) is 0. The molecule has 1 fully saturated rings. The fourth-order valence-electron chi connectivity index (χ4n) is 2.46. The topological polar surface area (TPSA) is 21.3 Å². The summed E-state index contributed by atoms with van der Waals surface area (Å²) < 4.78 is 18.2. The van der Waals surface area contributed by atoms with E-state index in [1.807, 2.05) is 0 Å². The minimum Gasteiger partial charge on any atom is -0.494 e. The van der Waals surface area contributed by atoms with Crippen LogP contribution in [0.2, 0.25) is 0 Å². The van der Waals surface area contributed by atoms with Gasteiger partial charge in [-0.1, -0.05) is 19.3 Å². The monoisotopic (exact) mass is 237 g/mol. The lowest BCUT2D eigenvalue weighted by molar-refractivity contribution is 0.372. The Labute approximate surface area is 102 Å². The average molecular weight is 237 g/mol. The second kappa shape index (κ2) is 5.89. The summed E-state index contributed by atoms with van der Waals surface area (Å²) in [7, 11) is 1.57. The van der Waals surface area contributed by atoms with Crippen molar-refractivity contribution in [3.63, 3.8) is 0 Å². The first-order chi connectivity index (χ1) is 8.29. The van der Waals surface area contributed by atoms with Gasteiger partial charge < -0.3 is 10.1 Å². The summed E-state index contributed by atoms with van der Waals surface area (Å²) in [6, 6.07) is 4.63. The molecule has 0 aromatic heterocycles. The van der Waals surface area contributed by atoms with E-state index in [1.54, 1.807) is 13.2 Å². The van der Waals surface area contributed by atoms with E-state index in [2.05, 4.69) is 5.32 Å². The molecule has 1 aromatic carbocycles. The van der Waals surface area contributed by atoms with Gasteiger partial charge in [-0.3, -0.25) is 0 Å². The predicted molar refractivity (Wildman–Crippen MR) is 68.0 cm³/mol. The molecule has 0 heterocycles. The summed E-state index contributed by atoms with van der Waals surface area (Å²) in [5, 5.41) is 3.37. The van der Waals surface area contributed by atoms with Crippen LogP contribution in [0.15, 0.2) is 18.2 Å². The molecule has 1 aliphatic rings. The molecule has 94 valence electrons. The number of halogens is 1. The normalized spacial score (nSPS) is 16.8. The SMILES string of the molecule is COc1cc(F)ccc1NCC1CCCCC1. The highest BCUT2D eigenvalue weighted by molar-refractivity contribution is 5.56. The third kappa shape index (κ3) is 3.35. The highest BCUT2D eigenvalue weighted by atomic mass is 19.1. The van der Waals surface area contributed by atoms with Crippen molar-refractivity contribution in [1.29, 1.82) is 0 Å². The van der Waals surface area contributed by atoms with Crippen LogP contribution in [0.1, 0.15) is 32.1 Å². The minimum absolute atomic E-state index is 0.259. The standard InChI is InChI=1S/C14H20FNO/c1-17-14-9-12(15)7-8-13(14)16-10-11-5-3-2-4-6-11/h7-9,11,16H,2-6,10H2,1H3. The van der Waals surface area contributed by atoms with Crippen LogP contribution in [0.4, 0.5) is 10.1 Å². The van der Waals surface area contributed by atoms with E-state index in [4.69, 9.17) is 4.74 Å². The average Bonchev–Trinajstić information content (AvgIpc) is 2.38. The molecule has 1 aliphatic carbocycles. The molecule has 1 saturated carbocycles. The first kappa shape index (κ1) is 12.2. The first-order valence-corrected chi connectivity index (χ1v) is 6.37. The lowest BCUT2D eigenvalue weighted by Crippen LogP contribution is -2.17. The number of benzene rings is 1. The van der Waals surface area contributed by atoms with E-state index in [1.165, 1.54) is 44.2 Å². The van der Waals surface area contributed by atoms with Crippen molar-refractivity contribution in [1.82, 2.24) is 0 Å². The lowest BCUT2D eigenvalue weighted by atomic mass is 9.89. The van der Waals surface area contributed by atoms with Crippen LogP contribution in [-0.4, -0.2) is 13.7 Å². The number of nitrogens with one attached hydrogen (secondary N) is 1. The van der Waals surface area contributed by atoms with Crippen LogP contribution >= 0.6 is 0 Å². The minimum atomic E-state index is -0.259. The fraction of sp³-hybridized carbons (Fsp3) is 0.571. The van der Waals surface area contributed by atoms with Crippen LogP contribution in [0.3, 0.4) is 0 Å². The molecule has 2 nitrogen and oxygen atoms in total. The lowest BCUT2D eigenvalue weighted by Gasteiger charge is -2.22. The van der Waals surface area contributed by atoms with Crippen LogP contribution in [0.25, 0.3) is 0 Å². The van der Waals surface area contributed by atoms with Crippen LogP contribution in [-0.2, 0) is 0 Å². The Morgan fingerprint density at radius 2 is 2.06 bits per heavy atom. The second-order valence-electron chi connectivity index (χ2n) is 4.73. The Morgan fingerprint density at radius 1 is 1.29 bits per heavy atom. The van der Waals surface area contributed by atoms with Gasteiger partial charge in [0.1, 0.15) is 11.6 Å². The molecule has 0 atom stereocenters. The van der Waals surface area contributed by atoms with Gasteiger partial charge in [-0.05, 0) is 30.9 Å². The Balaban J connectivity index is 1.93. The van der Waals surface area contributed by atoms with E-state index in [0.29, 0.717) is 5.75 Å². The summed E-state index contributed by atoms with van der Waals surface area (Å²) >= 11 is 0. The number of rotatable bonds is 4. The van der Waals surface area contributed by atoms with Crippen LogP contribution in [0, 0.1) is 11.7 Å². The first-order valence-electron chi connectivity index (χ1n) is 6.37. The molecule has 0 bridgehead atoms. The molecular weight excluding hydrogens is 217 g/mol. The molecular formula is C14H20FNO. The largest absolute Gasteiger partial charge is 0.494 e.